The molecule has 1 aromatic carbocycles. The highest BCUT2D eigenvalue weighted by Crippen LogP contribution is 2.26. The van der Waals surface area contributed by atoms with Crippen LogP contribution in [0.3, 0.4) is 0 Å². The summed E-state index contributed by atoms with van der Waals surface area (Å²) in [4.78, 5) is 2.28. The smallest absolute Gasteiger partial charge is 0.0794 e. The third-order valence-corrected chi connectivity index (χ3v) is 3.94. The minimum Gasteiger partial charge on any atom is -0.388 e. The van der Waals surface area contributed by atoms with Crippen LogP contribution >= 0.6 is 0 Å². The van der Waals surface area contributed by atoms with E-state index in [1.165, 1.54) is 11.3 Å². The summed E-state index contributed by atoms with van der Waals surface area (Å²) in [5, 5.41) is 13.6. The van der Waals surface area contributed by atoms with Crippen molar-refractivity contribution >= 4 is 5.69 Å². The second-order valence-electron chi connectivity index (χ2n) is 5.89. The van der Waals surface area contributed by atoms with Crippen LogP contribution in [0, 0.1) is 0 Å². The Bertz CT molecular complexity index is 400. The molecular weight excluding hydrogens is 236 g/mol. The van der Waals surface area contributed by atoms with Crippen LogP contribution in [0.5, 0.6) is 0 Å². The molecular formula is C16H26N2O. The van der Waals surface area contributed by atoms with Crippen molar-refractivity contribution in [1.82, 2.24) is 5.32 Å². The van der Waals surface area contributed by atoms with Gasteiger partial charge in [-0.05, 0) is 50.9 Å². The van der Waals surface area contributed by atoms with Crippen LogP contribution in [0.2, 0.25) is 0 Å². The predicted molar refractivity (Wildman–Crippen MR) is 80.6 cm³/mol. The monoisotopic (exact) mass is 262 g/mol. The van der Waals surface area contributed by atoms with Gasteiger partial charge in [0.15, 0.2) is 0 Å². The lowest BCUT2D eigenvalue weighted by molar-refractivity contribution is 0.0449. The van der Waals surface area contributed by atoms with Crippen molar-refractivity contribution in [3.63, 3.8) is 0 Å². The SMILES string of the molecule is CCNC(C)c1ccc(N2CCCC(C)(O)C2)cc1. The van der Waals surface area contributed by atoms with Crippen LogP contribution in [0.4, 0.5) is 5.69 Å². The first kappa shape index (κ1) is 14.4. The molecule has 0 radical (unpaired) electrons. The standard InChI is InChI=1S/C16H26N2O/c1-4-17-13(2)14-6-8-15(9-7-14)18-11-5-10-16(3,19)12-18/h6-9,13,17,19H,4-5,10-12H2,1-3H3. The van der Waals surface area contributed by atoms with Gasteiger partial charge in [-0.2, -0.15) is 0 Å². The number of β-amino-alcohol motifs (C(OH)–C–C–N with tert-alkyl or cyclic N) is 1. The van der Waals surface area contributed by atoms with Gasteiger partial charge in [-0.15, -0.1) is 0 Å². The first-order chi connectivity index (χ1) is 9.02. The Hall–Kier alpha value is -1.06. The summed E-state index contributed by atoms with van der Waals surface area (Å²) in [5.74, 6) is 0. The molecule has 0 spiro atoms. The molecule has 0 aromatic heterocycles. The van der Waals surface area contributed by atoms with Gasteiger partial charge in [0.2, 0.25) is 0 Å². The number of aliphatic hydroxyl groups is 1. The van der Waals surface area contributed by atoms with Gasteiger partial charge in [-0.3, -0.25) is 0 Å². The van der Waals surface area contributed by atoms with Crippen LogP contribution in [-0.4, -0.2) is 30.3 Å². The molecule has 19 heavy (non-hydrogen) atoms. The Morgan fingerprint density at radius 2 is 2.05 bits per heavy atom. The highest BCUT2D eigenvalue weighted by Gasteiger charge is 2.28. The maximum atomic E-state index is 10.2. The molecule has 1 heterocycles. The second kappa shape index (κ2) is 5.93. The Morgan fingerprint density at radius 3 is 2.63 bits per heavy atom. The lowest BCUT2D eigenvalue weighted by atomic mass is 9.94. The van der Waals surface area contributed by atoms with E-state index in [4.69, 9.17) is 0 Å². The maximum absolute atomic E-state index is 10.2. The van der Waals surface area contributed by atoms with E-state index in [9.17, 15) is 5.11 Å². The molecule has 2 atom stereocenters. The van der Waals surface area contributed by atoms with Gasteiger partial charge in [0.25, 0.3) is 0 Å². The van der Waals surface area contributed by atoms with E-state index in [0.717, 1.165) is 32.5 Å². The highest BCUT2D eigenvalue weighted by molar-refractivity contribution is 5.48. The fourth-order valence-corrected chi connectivity index (χ4v) is 2.84. The van der Waals surface area contributed by atoms with Gasteiger partial charge in [-0.1, -0.05) is 19.1 Å². The average molecular weight is 262 g/mol. The minimum atomic E-state index is -0.548. The summed E-state index contributed by atoms with van der Waals surface area (Å²) in [7, 11) is 0. The summed E-state index contributed by atoms with van der Waals surface area (Å²) < 4.78 is 0. The second-order valence-corrected chi connectivity index (χ2v) is 5.89. The first-order valence-corrected chi connectivity index (χ1v) is 7.32. The molecule has 1 fully saturated rings. The van der Waals surface area contributed by atoms with Gasteiger partial charge < -0.3 is 15.3 Å². The van der Waals surface area contributed by atoms with Crippen LogP contribution in [0.25, 0.3) is 0 Å². The highest BCUT2D eigenvalue weighted by atomic mass is 16.3. The maximum Gasteiger partial charge on any atom is 0.0794 e. The molecule has 1 saturated heterocycles. The van der Waals surface area contributed by atoms with Crippen molar-refractivity contribution in [2.45, 2.75) is 45.3 Å². The van der Waals surface area contributed by atoms with E-state index in [1.807, 2.05) is 6.92 Å². The predicted octanol–water partition coefficient (Wildman–Crippen LogP) is 2.71. The van der Waals surface area contributed by atoms with Crippen molar-refractivity contribution in [3.8, 4) is 0 Å². The van der Waals surface area contributed by atoms with Crippen molar-refractivity contribution < 1.29 is 5.11 Å². The van der Waals surface area contributed by atoms with E-state index in [0.29, 0.717) is 6.04 Å². The summed E-state index contributed by atoms with van der Waals surface area (Å²) >= 11 is 0. The number of nitrogens with one attached hydrogen (secondary N) is 1. The van der Waals surface area contributed by atoms with Crippen molar-refractivity contribution in [3.05, 3.63) is 29.8 Å². The summed E-state index contributed by atoms with van der Waals surface area (Å²) in [6.07, 6.45) is 1.96. The minimum absolute atomic E-state index is 0.392. The normalized spacial score (nSPS) is 25.4. The number of rotatable bonds is 4. The fraction of sp³-hybridized carbons (Fsp3) is 0.625. The number of piperidine rings is 1. The van der Waals surface area contributed by atoms with E-state index >= 15 is 0 Å². The molecule has 2 unspecified atom stereocenters. The number of nitrogens with zero attached hydrogens (tertiary/aromatic N) is 1. The van der Waals surface area contributed by atoms with Crippen LogP contribution in [-0.2, 0) is 0 Å². The number of benzene rings is 1. The third kappa shape index (κ3) is 3.71. The Balaban J connectivity index is 2.05. The zero-order valence-electron chi connectivity index (χ0n) is 12.3. The van der Waals surface area contributed by atoms with Crippen molar-refractivity contribution in [2.75, 3.05) is 24.5 Å². The summed E-state index contributed by atoms with van der Waals surface area (Å²) in [5.41, 5.74) is 1.98. The van der Waals surface area contributed by atoms with Crippen molar-refractivity contribution in [2.24, 2.45) is 0 Å². The van der Waals surface area contributed by atoms with Crippen LogP contribution in [0.1, 0.15) is 45.2 Å². The lowest BCUT2D eigenvalue weighted by Gasteiger charge is -2.38. The quantitative estimate of drug-likeness (QED) is 0.876. The van der Waals surface area contributed by atoms with E-state index in [1.54, 1.807) is 0 Å². The molecule has 1 aromatic rings. The zero-order chi connectivity index (χ0) is 13.9. The molecule has 3 nitrogen and oxygen atoms in total. The lowest BCUT2D eigenvalue weighted by Crippen LogP contribution is -2.46. The number of anilines is 1. The molecule has 0 saturated carbocycles. The Labute approximate surface area is 116 Å². The molecule has 1 aliphatic rings. The van der Waals surface area contributed by atoms with Gasteiger partial charge >= 0.3 is 0 Å². The number of hydrogen-bond acceptors (Lipinski definition) is 3. The van der Waals surface area contributed by atoms with E-state index in [2.05, 4.69) is 48.3 Å². The molecule has 2 rings (SSSR count). The molecule has 0 bridgehead atoms. The molecule has 0 amide bonds. The Kier molecular flexibility index (Phi) is 4.48. The third-order valence-electron chi connectivity index (χ3n) is 3.94. The number of hydrogen-bond donors (Lipinski definition) is 2. The average Bonchev–Trinajstić information content (AvgIpc) is 2.38. The van der Waals surface area contributed by atoms with Crippen LogP contribution < -0.4 is 10.2 Å². The largest absolute Gasteiger partial charge is 0.388 e. The van der Waals surface area contributed by atoms with Gasteiger partial charge in [-0.25, -0.2) is 0 Å². The van der Waals surface area contributed by atoms with Gasteiger partial charge in [0.05, 0.1) is 5.60 Å². The van der Waals surface area contributed by atoms with E-state index in [-0.39, 0.29) is 0 Å². The molecule has 106 valence electrons. The molecule has 3 heteroatoms. The van der Waals surface area contributed by atoms with Crippen LogP contribution in [0.15, 0.2) is 24.3 Å². The topological polar surface area (TPSA) is 35.5 Å². The summed E-state index contributed by atoms with van der Waals surface area (Å²) in [6, 6.07) is 9.11. The van der Waals surface area contributed by atoms with Gasteiger partial charge in [0, 0.05) is 24.8 Å². The van der Waals surface area contributed by atoms with E-state index < -0.39 is 5.60 Å². The molecule has 1 aliphatic heterocycles. The Morgan fingerprint density at radius 1 is 1.37 bits per heavy atom. The first-order valence-electron chi connectivity index (χ1n) is 7.32. The van der Waals surface area contributed by atoms with Gasteiger partial charge in [0.1, 0.15) is 0 Å². The van der Waals surface area contributed by atoms with Crippen molar-refractivity contribution in [1.29, 1.82) is 0 Å². The zero-order valence-corrected chi connectivity index (χ0v) is 12.3. The molecule has 0 aliphatic carbocycles. The fourth-order valence-electron chi connectivity index (χ4n) is 2.84. The summed E-state index contributed by atoms with van der Waals surface area (Å²) in [6.45, 7) is 9.00. The molecule has 2 N–H and O–H groups in total.